The lowest BCUT2D eigenvalue weighted by Gasteiger charge is -2.49. The lowest BCUT2D eigenvalue weighted by Crippen LogP contribution is -2.62. The van der Waals surface area contributed by atoms with Crippen molar-refractivity contribution in [1.82, 2.24) is 39.5 Å². The first kappa shape index (κ1) is 41.3. The summed E-state index contributed by atoms with van der Waals surface area (Å²) in [5, 5.41) is 4.35. The monoisotopic (exact) mass is 970 g/mol. The molecule has 4 amide bonds. The average Bonchev–Trinajstić information content (AvgIpc) is 4.01. The molecule has 358 valence electrons. The second kappa shape index (κ2) is 14.2. The van der Waals surface area contributed by atoms with Crippen LogP contribution in [0.3, 0.4) is 0 Å². The van der Waals surface area contributed by atoms with Crippen LogP contribution >= 0.6 is 0 Å². The molecule has 6 heterocycles. The van der Waals surface area contributed by atoms with E-state index in [9.17, 15) is 0 Å². The van der Waals surface area contributed by atoms with Crippen LogP contribution in [-0.2, 0) is 37.5 Å². The molecule has 0 atom stereocenters. The summed E-state index contributed by atoms with van der Waals surface area (Å²) in [5.74, 6) is 1.83. The van der Waals surface area contributed by atoms with E-state index in [2.05, 4.69) is 48.5 Å². The van der Waals surface area contributed by atoms with Crippen LogP contribution in [0.1, 0.15) is 33.4 Å². The SMILES string of the molecule is COc1c2c(c(OC)c3nc4c(nc13)-c1cccc3cccc-4c13)CN1C(=O)N3Cc4c(c(OC)c5nc6c(nc5c4OC)-c4cccc5cccc-6c45)CN4C(=O)N(C2)C1(c1ccccc1)C43c1ccccc1. The number of amides is 4. The summed E-state index contributed by atoms with van der Waals surface area (Å²) >= 11 is 0. The van der Waals surface area contributed by atoms with Gasteiger partial charge >= 0.3 is 12.1 Å². The van der Waals surface area contributed by atoms with Crippen molar-refractivity contribution in [3.8, 4) is 68.0 Å². The number of aromatic nitrogens is 4. The van der Waals surface area contributed by atoms with Crippen LogP contribution in [0, 0.1) is 0 Å². The molecule has 10 aromatic rings. The molecule has 0 saturated carbocycles. The van der Waals surface area contributed by atoms with Gasteiger partial charge in [0.1, 0.15) is 22.1 Å². The number of fused-ring (bicyclic) bond motifs is 10. The fourth-order valence-electron chi connectivity index (χ4n) is 14.0. The van der Waals surface area contributed by atoms with Crippen LogP contribution in [0.25, 0.3) is 88.6 Å². The Morgan fingerprint density at radius 2 is 0.635 bits per heavy atom. The Kier molecular flexibility index (Phi) is 7.94. The molecule has 6 aliphatic rings. The maximum Gasteiger partial charge on any atom is 0.325 e. The number of methoxy groups -OCH3 is 4. The molecule has 0 N–H and O–H groups in total. The molecular weight excluding hydrogens is 929 g/mol. The summed E-state index contributed by atoms with van der Waals surface area (Å²) < 4.78 is 25.9. The van der Waals surface area contributed by atoms with Gasteiger partial charge in [0.05, 0.1) is 77.4 Å². The van der Waals surface area contributed by atoms with Crippen LogP contribution in [0.2, 0.25) is 0 Å². The van der Waals surface area contributed by atoms with Crippen molar-refractivity contribution in [3.63, 3.8) is 0 Å². The summed E-state index contributed by atoms with van der Waals surface area (Å²) in [6.45, 7) is 0.0737. The standard InChI is InChI=1S/C60H42N8O6/c1-71-53-39-27-65-57(69)67-29-41-42(56(74-4)52-51(55(41)73-3)63-47-37-25-13-17-32-18-14-26-38(44(32)37)48(47)64-52)30-68-58(70)66(59(65,33-19-7-5-8-20-33)60(67,68)34-21-9-6-10-22-34)28-40(39)54(72-2)50-49(53)61-45-35-23-11-15-31-16-12-24-36(43(31)35)46(45)62-50/h5-26H,27-30H2,1-4H3. The molecule has 16 rings (SSSR count). The van der Waals surface area contributed by atoms with E-state index < -0.39 is 11.3 Å². The van der Waals surface area contributed by atoms with Crippen LogP contribution < -0.4 is 18.9 Å². The number of carbonyl (C=O) groups excluding carboxylic acids is 2. The molecule has 2 fully saturated rings. The quantitative estimate of drug-likeness (QED) is 0.158. The highest BCUT2D eigenvalue weighted by atomic mass is 16.5. The average molecular weight is 971 g/mol. The minimum absolute atomic E-state index is 0.0184. The van der Waals surface area contributed by atoms with Gasteiger partial charge in [-0.3, -0.25) is 19.6 Å². The molecular formula is C60H42N8O6. The zero-order valence-corrected chi connectivity index (χ0v) is 40.6. The number of hydrogen-bond acceptors (Lipinski definition) is 10. The highest BCUT2D eigenvalue weighted by Crippen LogP contribution is 2.67. The van der Waals surface area contributed by atoms with Gasteiger partial charge in [0, 0.05) is 66.4 Å². The lowest BCUT2D eigenvalue weighted by atomic mass is 9.79. The van der Waals surface area contributed by atoms with Crippen molar-refractivity contribution in [2.45, 2.75) is 37.5 Å². The second-order valence-corrected chi connectivity index (χ2v) is 19.7. The van der Waals surface area contributed by atoms with Gasteiger partial charge in [-0.2, -0.15) is 0 Å². The Morgan fingerprint density at radius 1 is 0.365 bits per heavy atom. The predicted octanol–water partition coefficient (Wildman–Crippen LogP) is 11.1. The Balaban J connectivity index is 0.974. The Morgan fingerprint density at radius 3 is 0.892 bits per heavy atom. The fourth-order valence-corrected chi connectivity index (χ4v) is 14.0. The minimum Gasteiger partial charge on any atom is -0.494 e. The molecule has 2 aliphatic carbocycles. The van der Waals surface area contributed by atoms with Gasteiger partial charge in [-0.1, -0.05) is 133 Å². The van der Waals surface area contributed by atoms with Gasteiger partial charge in [0.25, 0.3) is 0 Å². The summed E-state index contributed by atoms with van der Waals surface area (Å²) in [7, 11) is 6.50. The molecule has 0 spiro atoms. The summed E-state index contributed by atoms with van der Waals surface area (Å²) in [6.07, 6.45) is 0. The molecule has 0 radical (unpaired) electrons. The zero-order valence-electron chi connectivity index (χ0n) is 40.6. The highest BCUT2D eigenvalue weighted by molar-refractivity contribution is 6.16. The highest BCUT2D eigenvalue weighted by Gasteiger charge is 2.81. The smallest absolute Gasteiger partial charge is 0.325 e. The van der Waals surface area contributed by atoms with Crippen molar-refractivity contribution in [2.75, 3.05) is 28.4 Å². The molecule has 0 unspecified atom stereocenters. The Hall–Kier alpha value is -9.30. The minimum atomic E-state index is -1.51. The van der Waals surface area contributed by atoms with E-state index in [1.165, 1.54) is 0 Å². The third-order valence-corrected chi connectivity index (χ3v) is 16.7. The number of carbonyl (C=O) groups is 2. The number of hydrogen-bond donors (Lipinski definition) is 0. The van der Waals surface area contributed by atoms with Gasteiger partial charge in [0.15, 0.2) is 34.3 Å². The predicted molar refractivity (Wildman–Crippen MR) is 278 cm³/mol. The van der Waals surface area contributed by atoms with E-state index in [4.69, 9.17) is 38.9 Å². The number of rotatable bonds is 6. The number of urea groups is 2. The first-order valence-corrected chi connectivity index (χ1v) is 24.7. The molecule has 8 aromatic carbocycles. The van der Waals surface area contributed by atoms with Crippen LogP contribution in [0.4, 0.5) is 9.59 Å². The first-order valence-electron chi connectivity index (χ1n) is 24.7. The molecule has 74 heavy (non-hydrogen) atoms. The largest absolute Gasteiger partial charge is 0.494 e. The molecule has 4 aliphatic heterocycles. The Labute approximate surface area is 422 Å². The second-order valence-electron chi connectivity index (χ2n) is 19.7. The third kappa shape index (κ3) is 4.60. The lowest BCUT2D eigenvalue weighted by molar-refractivity contribution is -0.0795. The molecule has 14 nitrogen and oxygen atoms in total. The van der Waals surface area contributed by atoms with Crippen molar-refractivity contribution >= 4 is 55.7 Å². The third-order valence-electron chi connectivity index (χ3n) is 16.7. The maximum atomic E-state index is 16.6. The van der Waals surface area contributed by atoms with E-state index in [1.54, 1.807) is 28.4 Å². The summed E-state index contributed by atoms with van der Waals surface area (Å²) in [4.78, 5) is 62.3. The van der Waals surface area contributed by atoms with E-state index >= 15 is 9.59 Å². The first-order chi connectivity index (χ1) is 36.4. The molecule has 14 heteroatoms. The van der Waals surface area contributed by atoms with E-state index in [0.717, 1.165) is 77.7 Å². The number of nitrogens with zero attached hydrogens (tertiary/aromatic N) is 8. The van der Waals surface area contributed by atoms with Crippen LogP contribution in [-0.4, -0.2) is 80.0 Å². The van der Waals surface area contributed by atoms with Crippen molar-refractivity contribution in [2.24, 2.45) is 0 Å². The van der Waals surface area contributed by atoms with E-state index in [1.807, 2.05) is 105 Å². The van der Waals surface area contributed by atoms with Crippen molar-refractivity contribution in [1.29, 1.82) is 0 Å². The normalized spacial score (nSPS) is 19.2. The van der Waals surface area contributed by atoms with E-state index in [-0.39, 0.29) is 38.2 Å². The molecule has 0 bridgehead atoms. The number of benzene rings is 8. The zero-order chi connectivity index (χ0) is 49.5. The molecule has 2 aromatic heterocycles. The van der Waals surface area contributed by atoms with E-state index in [0.29, 0.717) is 67.3 Å². The van der Waals surface area contributed by atoms with Gasteiger partial charge in [0.2, 0.25) is 0 Å². The van der Waals surface area contributed by atoms with Crippen molar-refractivity contribution in [3.05, 3.63) is 167 Å². The fraction of sp³-hybridized carbons (Fsp3) is 0.167. The van der Waals surface area contributed by atoms with Gasteiger partial charge in [-0.15, -0.1) is 0 Å². The van der Waals surface area contributed by atoms with Crippen LogP contribution in [0.5, 0.6) is 23.0 Å². The van der Waals surface area contributed by atoms with Gasteiger partial charge in [-0.05, 0) is 10.8 Å². The maximum absolute atomic E-state index is 16.6. The summed E-state index contributed by atoms with van der Waals surface area (Å²) in [5.41, 5.74) is 10.0. The van der Waals surface area contributed by atoms with Crippen molar-refractivity contribution < 1.29 is 28.5 Å². The Bertz CT molecular complexity index is 3760. The summed E-state index contributed by atoms with van der Waals surface area (Å²) in [6, 6.07) is 44.1. The number of ether oxygens (including phenoxy) is 4. The van der Waals surface area contributed by atoms with Crippen LogP contribution in [0.15, 0.2) is 133 Å². The topological polar surface area (TPSA) is 136 Å². The van der Waals surface area contributed by atoms with Gasteiger partial charge in [-0.25, -0.2) is 29.5 Å². The van der Waals surface area contributed by atoms with Gasteiger partial charge < -0.3 is 18.9 Å². The molecule has 2 saturated heterocycles.